The zero-order chi connectivity index (χ0) is 19.6. The third-order valence-corrected chi connectivity index (χ3v) is 4.23. The van der Waals surface area contributed by atoms with E-state index in [9.17, 15) is 14.0 Å². The minimum Gasteiger partial charge on any atom is -0.348 e. The number of hydrogen-bond donors (Lipinski definition) is 3. The first-order valence-corrected chi connectivity index (χ1v) is 8.20. The molecule has 4 rings (SSSR count). The van der Waals surface area contributed by atoms with Gasteiger partial charge in [0, 0.05) is 17.0 Å². The van der Waals surface area contributed by atoms with Gasteiger partial charge in [0.2, 0.25) is 0 Å². The van der Waals surface area contributed by atoms with Crippen molar-refractivity contribution in [3.8, 4) is 0 Å². The quantitative estimate of drug-likeness (QED) is 0.478. The molecule has 8 heteroatoms. The highest BCUT2D eigenvalue weighted by Crippen LogP contribution is 2.36. The second-order valence-corrected chi connectivity index (χ2v) is 6.07. The van der Waals surface area contributed by atoms with Crippen molar-refractivity contribution in [2.45, 2.75) is 20.8 Å². The number of benzene rings is 1. The Labute approximate surface area is 154 Å². The molecule has 0 fully saturated rings. The fourth-order valence-corrected chi connectivity index (χ4v) is 2.63. The van der Waals surface area contributed by atoms with Crippen LogP contribution < -0.4 is 5.32 Å². The van der Waals surface area contributed by atoms with Crippen molar-refractivity contribution >= 4 is 29.5 Å². The van der Waals surface area contributed by atoms with Crippen LogP contribution in [0.25, 0.3) is 11.6 Å². The highest BCUT2D eigenvalue weighted by Gasteiger charge is 2.28. The largest absolute Gasteiger partial charge is 0.348 e. The summed E-state index contributed by atoms with van der Waals surface area (Å²) in [4.78, 5) is 35.5. The number of nitrogens with one attached hydrogen (secondary N) is 3. The van der Waals surface area contributed by atoms with Gasteiger partial charge in [-0.1, -0.05) is 6.07 Å². The lowest BCUT2D eigenvalue weighted by atomic mass is 10.0. The SMILES string of the molecule is Cc1[nH]cnc1C=O.Cc1ccc2c(c1F)/C(=C/c1nc[nH]c1C)C(=O)N2. The molecule has 1 aliphatic rings. The Balaban J connectivity index is 0.000000221. The Bertz CT molecular complexity index is 1050. The molecule has 0 saturated heterocycles. The summed E-state index contributed by atoms with van der Waals surface area (Å²) in [5.74, 6) is -0.669. The molecule has 0 radical (unpaired) electrons. The predicted molar refractivity (Wildman–Crippen MR) is 99.7 cm³/mol. The third kappa shape index (κ3) is 3.55. The lowest BCUT2D eigenvalue weighted by Gasteiger charge is -2.03. The average molecular weight is 367 g/mol. The summed E-state index contributed by atoms with van der Waals surface area (Å²) in [6, 6.07) is 3.36. The van der Waals surface area contributed by atoms with Crippen molar-refractivity contribution in [2.75, 3.05) is 5.32 Å². The molecule has 1 aromatic carbocycles. The number of halogens is 1. The fraction of sp³-hybridized carbons (Fsp3) is 0.158. The monoisotopic (exact) mass is 367 g/mol. The number of amides is 1. The van der Waals surface area contributed by atoms with Gasteiger partial charge in [0.15, 0.2) is 6.29 Å². The van der Waals surface area contributed by atoms with Crippen LogP contribution in [-0.4, -0.2) is 32.1 Å². The fourth-order valence-electron chi connectivity index (χ4n) is 2.63. The van der Waals surface area contributed by atoms with E-state index in [2.05, 4.69) is 25.3 Å². The number of carbonyl (C=O) groups is 2. The number of imidazole rings is 2. The second-order valence-electron chi connectivity index (χ2n) is 6.07. The summed E-state index contributed by atoms with van der Waals surface area (Å²) in [5, 5.41) is 2.66. The van der Waals surface area contributed by atoms with Crippen molar-refractivity contribution in [1.82, 2.24) is 19.9 Å². The summed E-state index contributed by atoms with van der Waals surface area (Å²) in [6.45, 7) is 5.33. The van der Waals surface area contributed by atoms with Crippen molar-refractivity contribution in [1.29, 1.82) is 0 Å². The molecule has 27 heavy (non-hydrogen) atoms. The molecule has 0 aliphatic carbocycles. The third-order valence-electron chi connectivity index (χ3n) is 4.23. The van der Waals surface area contributed by atoms with Gasteiger partial charge < -0.3 is 15.3 Å². The van der Waals surface area contributed by atoms with Crippen LogP contribution >= 0.6 is 0 Å². The number of rotatable bonds is 2. The molecule has 0 unspecified atom stereocenters. The molecule has 2 aromatic heterocycles. The van der Waals surface area contributed by atoms with Crippen molar-refractivity contribution in [2.24, 2.45) is 0 Å². The van der Waals surface area contributed by atoms with E-state index >= 15 is 0 Å². The molecule has 3 heterocycles. The van der Waals surface area contributed by atoms with Gasteiger partial charge in [-0.3, -0.25) is 9.59 Å². The second kappa shape index (κ2) is 7.36. The van der Waals surface area contributed by atoms with Crippen LogP contribution in [0.3, 0.4) is 0 Å². The van der Waals surface area contributed by atoms with Gasteiger partial charge in [0.05, 0.1) is 29.6 Å². The number of aromatic amines is 2. The van der Waals surface area contributed by atoms with Crippen LogP contribution in [-0.2, 0) is 4.79 Å². The zero-order valence-corrected chi connectivity index (χ0v) is 15.1. The Morgan fingerprint density at radius 3 is 2.15 bits per heavy atom. The minimum absolute atomic E-state index is 0.304. The predicted octanol–water partition coefficient (Wildman–Crippen LogP) is 3.19. The van der Waals surface area contributed by atoms with E-state index in [1.165, 1.54) is 6.33 Å². The van der Waals surface area contributed by atoms with Gasteiger partial charge in [-0.25, -0.2) is 14.4 Å². The van der Waals surface area contributed by atoms with E-state index in [1.807, 2.05) is 6.92 Å². The van der Waals surface area contributed by atoms with Gasteiger partial charge in [-0.15, -0.1) is 0 Å². The molecule has 0 saturated carbocycles. The zero-order valence-electron chi connectivity index (χ0n) is 15.1. The molecule has 0 spiro atoms. The molecule has 0 bridgehead atoms. The Morgan fingerprint density at radius 1 is 1.00 bits per heavy atom. The van der Waals surface area contributed by atoms with Crippen molar-refractivity contribution in [3.63, 3.8) is 0 Å². The van der Waals surface area contributed by atoms with Crippen molar-refractivity contribution < 1.29 is 14.0 Å². The number of aromatic nitrogens is 4. The van der Waals surface area contributed by atoms with Crippen LogP contribution in [0.15, 0.2) is 24.8 Å². The highest BCUT2D eigenvalue weighted by molar-refractivity contribution is 6.35. The van der Waals surface area contributed by atoms with Crippen LogP contribution in [0.2, 0.25) is 0 Å². The molecule has 0 atom stereocenters. The summed E-state index contributed by atoms with van der Waals surface area (Å²) >= 11 is 0. The van der Waals surface area contributed by atoms with Gasteiger partial charge in [0.1, 0.15) is 11.5 Å². The summed E-state index contributed by atoms with van der Waals surface area (Å²) in [6.07, 6.45) is 5.38. The van der Waals surface area contributed by atoms with Crippen LogP contribution in [0, 0.1) is 26.6 Å². The van der Waals surface area contributed by atoms with E-state index in [1.54, 1.807) is 38.4 Å². The number of carbonyl (C=O) groups excluding carboxylic acids is 2. The van der Waals surface area contributed by atoms with Crippen LogP contribution in [0.4, 0.5) is 10.1 Å². The molecule has 1 aliphatic heterocycles. The number of aldehydes is 1. The van der Waals surface area contributed by atoms with E-state index in [-0.39, 0.29) is 11.7 Å². The maximum absolute atomic E-state index is 14.2. The Kier molecular flexibility index (Phi) is 4.98. The number of anilines is 1. The van der Waals surface area contributed by atoms with E-state index in [0.29, 0.717) is 33.8 Å². The van der Waals surface area contributed by atoms with E-state index in [0.717, 1.165) is 17.7 Å². The maximum atomic E-state index is 14.2. The highest BCUT2D eigenvalue weighted by atomic mass is 19.1. The number of hydrogen-bond acceptors (Lipinski definition) is 4. The molecule has 3 aromatic rings. The van der Waals surface area contributed by atoms with E-state index in [4.69, 9.17) is 0 Å². The summed E-state index contributed by atoms with van der Waals surface area (Å²) < 4.78 is 14.2. The molecule has 7 nitrogen and oxygen atoms in total. The van der Waals surface area contributed by atoms with Crippen LogP contribution in [0.1, 0.15) is 38.7 Å². The average Bonchev–Trinajstić information content (AvgIpc) is 3.33. The van der Waals surface area contributed by atoms with E-state index < -0.39 is 0 Å². The molecule has 3 N–H and O–H groups in total. The van der Waals surface area contributed by atoms with Crippen LogP contribution in [0.5, 0.6) is 0 Å². The maximum Gasteiger partial charge on any atom is 0.256 e. The molecule has 1 amide bonds. The van der Waals surface area contributed by atoms with Gasteiger partial charge >= 0.3 is 0 Å². The number of H-pyrrole nitrogens is 2. The first-order valence-electron chi connectivity index (χ1n) is 8.20. The smallest absolute Gasteiger partial charge is 0.256 e. The number of nitrogens with zero attached hydrogens (tertiary/aromatic N) is 2. The van der Waals surface area contributed by atoms with Gasteiger partial charge in [0.25, 0.3) is 5.91 Å². The Hall–Kier alpha value is -3.55. The normalized spacial score (nSPS) is 13.8. The summed E-state index contributed by atoms with van der Waals surface area (Å²) in [7, 11) is 0. The minimum atomic E-state index is -0.365. The molecule has 138 valence electrons. The molecular formula is C19H18FN5O2. The summed E-state index contributed by atoms with van der Waals surface area (Å²) in [5.41, 5.74) is 4.44. The van der Waals surface area contributed by atoms with Gasteiger partial charge in [-0.05, 0) is 38.5 Å². The van der Waals surface area contributed by atoms with Crippen molar-refractivity contribution in [3.05, 3.63) is 64.5 Å². The molecular weight excluding hydrogens is 349 g/mol. The van der Waals surface area contributed by atoms with Gasteiger partial charge in [-0.2, -0.15) is 0 Å². The topological polar surface area (TPSA) is 104 Å². The lowest BCUT2D eigenvalue weighted by molar-refractivity contribution is -0.110. The Morgan fingerprint density at radius 2 is 1.63 bits per heavy atom. The number of fused-ring (bicyclic) bond motifs is 1. The standard InChI is InChI=1S/C14H12FN3O.C5H6N2O/c1-7-3-4-10-12(13(7)15)9(14(19)18-10)5-11-8(2)16-6-17-11;1-4-5(2-8)7-3-6-4/h3-6H,1-2H3,(H,16,17)(H,18,19);2-3H,1H3,(H,6,7)/b9-5-;. The first-order chi connectivity index (χ1) is 12.9. The number of aryl methyl sites for hydroxylation is 3. The lowest BCUT2D eigenvalue weighted by Crippen LogP contribution is -2.03. The first kappa shape index (κ1) is 18.2.